The number of hydrogen-bond acceptors (Lipinski definition) is 3. The molecular formula is C15H25NO3S. The molecule has 3 atom stereocenters. The van der Waals surface area contributed by atoms with Gasteiger partial charge in [-0.15, -0.1) is 0 Å². The van der Waals surface area contributed by atoms with Crippen molar-refractivity contribution in [2.24, 2.45) is 17.8 Å². The molecule has 1 aliphatic carbocycles. The summed E-state index contributed by atoms with van der Waals surface area (Å²) in [4.78, 5) is 25.4. The van der Waals surface area contributed by atoms with E-state index in [1.807, 2.05) is 6.92 Å². The van der Waals surface area contributed by atoms with Crippen LogP contribution in [0.15, 0.2) is 0 Å². The Labute approximate surface area is 126 Å². The van der Waals surface area contributed by atoms with E-state index in [1.54, 1.807) is 4.90 Å². The highest BCUT2D eigenvalue weighted by Gasteiger charge is 2.43. The van der Waals surface area contributed by atoms with Gasteiger partial charge in [-0.2, -0.15) is 12.6 Å². The first-order valence-electron chi connectivity index (χ1n) is 7.68. The van der Waals surface area contributed by atoms with Crippen LogP contribution in [0.1, 0.15) is 45.4 Å². The number of nitrogens with zero attached hydrogens (tertiary/aromatic N) is 1. The first-order chi connectivity index (χ1) is 9.54. The van der Waals surface area contributed by atoms with Crippen LogP contribution in [0.2, 0.25) is 0 Å². The van der Waals surface area contributed by atoms with Gasteiger partial charge < -0.3 is 10.0 Å². The van der Waals surface area contributed by atoms with Crippen LogP contribution in [0.4, 0.5) is 0 Å². The Hall–Kier alpha value is -0.710. The molecule has 5 heteroatoms. The largest absolute Gasteiger partial charge is 0.480 e. The van der Waals surface area contributed by atoms with Crippen molar-refractivity contribution in [1.29, 1.82) is 0 Å². The summed E-state index contributed by atoms with van der Waals surface area (Å²) in [5.41, 5.74) is 0. The van der Waals surface area contributed by atoms with Gasteiger partial charge in [0, 0.05) is 18.2 Å². The van der Waals surface area contributed by atoms with E-state index in [1.165, 1.54) is 32.1 Å². The average Bonchev–Trinajstić information content (AvgIpc) is 2.92. The Morgan fingerprint density at radius 2 is 1.90 bits per heavy atom. The van der Waals surface area contributed by atoms with E-state index in [2.05, 4.69) is 12.6 Å². The van der Waals surface area contributed by atoms with Crippen molar-refractivity contribution in [3.05, 3.63) is 0 Å². The van der Waals surface area contributed by atoms with Crippen molar-refractivity contribution < 1.29 is 14.7 Å². The number of carboxylic acids is 1. The zero-order valence-corrected chi connectivity index (χ0v) is 13.0. The van der Waals surface area contributed by atoms with Crippen molar-refractivity contribution in [1.82, 2.24) is 4.90 Å². The van der Waals surface area contributed by atoms with Crippen LogP contribution >= 0.6 is 12.6 Å². The number of carbonyl (C=O) groups excluding carboxylic acids is 1. The van der Waals surface area contributed by atoms with Gasteiger partial charge in [-0.1, -0.05) is 39.0 Å². The minimum absolute atomic E-state index is 0.0503. The van der Waals surface area contributed by atoms with Gasteiger partial charge in [-0.25, -0.2) is 4.79 Å². The fraction of sp³-hybridized carbons (Fsp3) is 0.867. The Morgan fingerprint density at radius 1 is 1.25 bits per heavy atom. The molecule has 1 heterocycles. The fourth-order valence-corrected chi connectivity index (χ4v) is 3.81. The third-order valence-electron chi connectivity index (χ3n) is 4.91. The lowest BCUT2D eigenvalue weighted by Gasteiger charge is -2.28. The quantitative estimate of drug-likeness (QED) is 0.784. The molecule has 1 saturated carbocycles. The summed E-state index contributed by atoms with van der Waals surface area (Å²) in [7, 11) is 0. The lowest BCUT2D eigenvalue weighted by molar-refractivity contribution is -0.149. The molecule has 0 aromatic carbocycles. The molecule has 0 spiro atoms. The highest BCUT2D eigenvalue weighted by molar-refractivity contribution is 7.80. The molecule has 1 aliphatic heterocycles. The topological polar surface area (TPSA) is 57.6 Å². The van der Waals surface area contributed by atoms with Crippen molar-refractivity contribution >= 4 is 24.5 Å². The molecule has 0 aromatic heterocycles. The minimum atomic E-state index is -0.858. The third-order valence-corrected chi connectivity index (χ3v) is 5.46. The molecule has 2 aliphatic rings. The van der Waals surface area contributed by atoms with Crippen LogP contribution in [-0.4, -0.2) is 40.2 Å². The van der Waals surface area contributed by atoms with Gasteiger partial charge in [0.2, 0.25) is 5.91 Å². The number of hydrogen-bond donors (Lipinski definition) is 2. The summed E-state index contributed by atoms with van der Waals surface area (Å²) < 4.78 is 0. The number of rotatable bonds is 4. The van der Waals surface area contributed by atoms with E-state index in [0.717, 1.165) is 0 Å². The van der Waals surface area contributed by atoms with Crippen molar-refractivity contribution in [3.63, 3.8) is 0 Å². The van der Waals surface area contributed by atoms with Gasteiger partial charge in [0.1, 0.15) is 6.04 Å². The maximum atomic E-state index is 12.3. The lowest BCUT2D eigenvalue weighted by Crippen LogP contribution is -2.43. The molecule has 0 radical (unpaired) electrons. The van der Waals surface area contributed by atoms with Crippen LogP contribution < -0.4 is 0 Å². The van der Waals surface area contributed by atoms with E-state index in [4.69, 9.17) is 0 Å². The van der Waals surface area contributed by atoms with Crippen molar-refractivity contribution in [2.75, 3.05) is 12.3 Å². The molecule has 114 valence electrons. The zero-order chi connectivity index (χ0) is 14.7. The van der Waals surface area contributed by atoms with Crippen LogP contribution in [0.3, 0.4) is 0 Å². The molecule has 0 unspecified atom stereocenters. The lowest BCUT2D eigenvalue weighted by atomic mass is 9.79. The number of thiol groups is 1. The predicted octanol–water partition coefficient (Wildman–Crippen LogP) is 2.43. The number of likely N-dealkylation sites (tertiary alicyclic amines) is 1. The second kappa shape index (κ2) is 6.83. The van der Waals surface area contributed by atoms with Crippen LogP contribution in [-0.2, 0) is 9.59 Å². The molecule has 0 bridgehead atoms. The van der Waals surface area contributed by atoms with E-state index in [9.17, 15) is 14.7 Å². The summed E-state index contributed by atoms with van der Waals surface area (Å²) in [6.45, 7) is 2.45. The average molecular weight is 299 g/mol. The van der Waals surface area contributed by atoms with Gasteiger partial charge in [-0.3, -0.25) is 4.79 Å². The minimum Gasteiger partial charge on any atom is -0.480 e. The number of aliphatic carboxylic acids is 1. The zero-order valence-electron chi connectivity index (χ0n) is 12.1. The Morgan fingerprint density at radius 3 is 2.45 bits per heavy atom. The van der Waals surface area contributed by atoms with Crippen molar-refractivity contribution in [3.8, 4) is 0 Å². The smallest absolute Gasteiger partial charge is 0.326 e. The van der Waals surface area contributed by atoms with E-state index >= 15 is 0 Å². The first-order valence-corrected chi connectivity index (χ1v) is 8.32. The Balaban J connectivity index is 2.06. The summed E-state index contributed by atoms with van der Waals surface area (Å²) in [6.07, 6.45) is 6.82. The van der Waals surface area contributed by atoms with Gasteiger partial charge in [-0.05, 0) is 18.3 Å². The maximum absolute atomic E-state index is 12.3. The highest BCUT2D eigenvalue weighted by atomic mass is 32.1. The number of carboxylic acid groups (broad SMARTS) is 1. The molecule has 2 fully saturated rings. The fourth-order valence-electron chi connectivity index (χ4n) is 3.65. The summed E-state index contributed by atoms with van der Waals surface area (Å²) >= 11 is 4.16. The third kappa shape index (κ3) is 3.30. The van der Waals surface area contributed by atoms with E-state index < -0.39 is 12.0 Å². The SMILES string of the molecule is C[C@H](CS)C(=O)N1C[C@@H](C2CCCCC2)C[C@H]1C(=O)O. The van der Waals surface area contributed by atoms with Gasteiger partial charge >= 0.3 is 5.97 Å². The second-order valence-electron chi connectivity index (χ2n) is 6.32. The van der Waals surface area contributed by atoms with Crippen LogP contribution in [0.25, 0.3) is 0 Å². The van der Waals surface area contributed by atoms with Gasteiger partial charge in [0.25, 0.3) is 0 Å². The standard InChI is InChI=1S/C15H25NO3S/c1-10(9-20)14(17)16-8-12(7-13(16)15(18)19)11-5-3-2-4-6-11/h10-13,20H,2-9H2,1H3,(H,18,19)/t10-,12+,13+/m1/s1. The number of amides is 1. The molecule has 20 heavy (non-hydrogen) atoms. The second-order valence-corrected chi connectivity index (χ2v) is 6.69. The monoisotopic (exact) mass is 299 g/mol. The molecule has 2 rings (SSSR count). The molecule has 1 amide bonds. The van der Waals surface area contributed by atoms with Crippen LogP contribution in [0.5, 0.6) is 0 Å². The summed E-state index contributed by atoms with van der Waals surface area (Å²) in [6, 6.07) is -0.628. The van der Waals surface area contributed by atoms with Crippen molar-refractivity contribution in [2.45, 2.75) is 51.5 Å². The first kappa shape index (κ1) is 15.7. The summed E-state index contributed by atoms with van der Waals surface area (Å²) in [5, 5.41) is 9.39. The van der Waals surface area contributed by atoms with Crippen LogP contribution in [0, 0.1) is 17.8 Å². The maximum Gasteiger partial charge on any atom is 0.326 e. The molecule has 0 aromatic rings. The Kier molecular flexibility index (Phi) is 5.35. The predicted molar refractivity (Wildman–Crippen MR) is 80.8 cm³/mol. The number of carbonyl (C=O) groups is 2. The Bertz CT molecular complexity index is 368. The molecule has 4 nitrogen and oxygen atoms in total. The summed E-state index contributed by atoms with van der Waals surface area (Å²) in [5.74, 6) is 0.330. The van der Waals surface area contributed by atoms with E-state index in [0.29, 0.717) is 30.6 Å². The molecule has 1 saturated heterocycles. The highest BCUT2D eigenvalue weighted by Crippen LogP contribution is 2.38. The van der Waals surface area contributed by atoms with Gasteiger partial charge in [0.15, 0.2) is 0 Å². The van der Waals surface area contributed by atoms with E-state index in [-0.39, 0.29) is 11.8 Å². The van der Waals surface area contributed by atoms with Gasteiger partial charge in [0.05, 0.1) is 0 Å². The molecule has 1 N–H and O–H groups in total. The normalized spacial score (nSPS) is 29.4. The molecular weight excluding hydrogens is 274 g/mol.